The average Bonchev–Trinajstić information content (AvgIpc) is 3.07. The van der Waals surface area contributed by atoms with Gasteiger partial charge in [-0.15, -0.1) is 0 Å². The first-order valence-electron chi connectivity index (χ1n) is 8.95. The molecular weight excluding hydrogens is 394 g/mol. The summed E-state index contributed by atoms with van der Waals surface area (Å²) >= 11 is 5.95. The zero-order valence-electron chi connectivity index (χ0n) is 16.0. The standard InChI is InChI=1S/C21H20ClN3O4/c1-3-25-20(21(27)28)19(18(24-25)14-7-9-15(22)10-8-14)23-17(26)12-13-5-4-6-16(11-13)29-2/h4-11H,3,12H2,1-2H3,(H,23,26)(H,27,28). The fourth-order valence-electron chi connectivity index (χ4n) is 2.99. The predicted octanol–water partition coefficient (Wildman–Crippen LogP) is 4.11. The number of ether oxygens (including phenoxy) is 1. The number of hydrogen-bond donors (Lipinski definition) is 2. The van der Waals surface area contributed by atoms with E-state index in [2.05, 4.69) is 10.4 Å². The second-order valence-electron chi connectivity index (χ2n) is 6.28. The van der Waals surface area contributed by atoms with E-state index < -0.39 is 5.97 Å². The highest BCUT2D eigenvalue weighted by molar-refractivity contribution is 6.30. The molecule has 2 N–H and O–H groups in total. The lowest BCUT2D eigenvalue weighted by Crippen LogP contribution is -2.18. The molecule has 0 spiro atoms. The van der Waals surface area contributed by atoms with Crippen LogP contribution in [0.4, 0.5) is 5.69 Å². The number of aromatic nitrogens is 2. The maximum Gasteiger partial charge on any atom is 0.356 e. The molecule has 0 atom stereocenters. The number of benzene rings is 2. The van der Waals surface area contributed by atoms with Crippen molar-refractivity contribution in [2.75, 3.05) is 12.4 Å². The van der Waals surface area contributed by atoms with Crippen LogP contribution in [0.5, 0.6) is 5.75 Å². The van der Waals surface area contributed by atoms with Gasteiger partial charge in [-0.2, -0.15) is 5.10 Å². The molecular formula is C21H20ClN3O4. The molecule has 0 saturated carbocycles. The lowest BCUT2D eigenvalue weighted by Gasteiger charge is -2.09. The number of halogens is 1. The summed E-state index contributed by atoms with van der Waals surface area (Å²) in [5.74, 6) is -0.884. The molecule has 1 aromatic heterocycles. The van der Waals surface area contributed by atoms with Crippen molar-refractivity contribution in [2.45, 2.75) is 19.9 Å². The maximum atomic E-state index is 12.7. The predicted molar refractivity (Wildman–Crippen MR) is 111 cm³/mol. The third kappa shape index (κ3) is 4.57. The molecule has 3 aromatic rings. The van der Waals surface area contributed by atoms with Crippen LogP contribution in [-0.4, -0.2) is 33.9 Å². The fraction of sp³-hybridized carbons (Fsp3) is 0.190. The van der Waals surface area contributed by atoms with Gasteiger partial charge in [-0.25, -0.2) is 4.79 Å². The number of carboxylic acids is 1. The van der Waals surface area contributed by atoms with Crippen LogP contribution in [0, 0.1) is 0 Å². The van der Waals surface area contributed by atoms with Crippen molar-refractivity contribution in [1.29, 1.82) is 0 Å². The molecule has 1 heterocycles. The van der Waals surface area contributed by atoms with E-state index in [1.165, 1.54) is 4.68 Å². The number of carboxylic acid groups (broad SMARTS) is 1. The van der Waals surface area contributed by atoms with Crippen molar-refractivity contribution in [3.63, 3.8) is 0 Å². The SMILES string of the molecule is CCn1nc(-c2ccc(Cl)cc2)c(NC(=O)Cc2cccc(OC)c2)c1C(=O)O. The molecule has 0 saturated heterocycles. The summed E-state index contributed by atoms with van der Waals surface area (Å²) in [5, 5.41) is 17.4. The number of anilines is 1. The largest absolute Gasteiger partial charge is 0.497 e. The van der Waals surface area contributed by atoms with Gasteiger partial charge >= 0.3 is 5.97 Å². The van der Waals surface area contributed by atoms with Crippen LogP contribution in [0.2, 0.25) is 5.02 Å². The summed E-state index contributed by atoms with van der Waals surface area (Å²) in [6, 6.07) is 14.0. The molecule has 0 bridgehead atoms. The quantitative estimate of drug-likeness (QED) is 0.608. The molecule has 0 aliphatic heterocycles. The molecule has 0 fully saturated rings. The molecule has 3 rings (SSSR count). The number of hydrogen-bond acceptors (Lipinski definition) is 4. The van der Waals surface area contributed by atoms with E-state index >= 15 is 0 Å². The second-order valence-corrected chi connectivity index (χ2v) is 6.71. The minimum absolute atomic E-state index is 0.0631. The number of nitrogens with one attached hydrogen (secondary N) is 1. The lowest BCUT2D eigenvalue weighted by molar-refractivity contribution is -0.115. The Morgan fingerprint density at radius 3 is 2.55 bits per heavy atom. The molecule has 0 aliphatic carbocycles. The Hall–Kier alpha value is -3.32. The van der Waals surface area contributed by atoms with Gasteiger partial charge in [0.05, 0.1) is 13.5 Å². The maximum absolute atomic E-state index is 12.7. The average molecular weight is 414 g/mol. The van der Waals surface area contributed by atoms with Gasteiger partial charge in [0.2, 0.25) is 5.91 Å². The highest BCUT2D eigenvalue weighted by atomic mass is 35.5. The second kappa shape index (κ2) is 8.79. The molecule has 1 amide bonds. The lowest BCUT2D eigenvalue weighted by atomic mass is 10.1. The van der Waals surface area contributed by atoms with Crippen molar-refractivity contribution < 1.29 is 19.4 Å². The number of aromatic carboxylic acids is 1. The van der Waals surface area contributed by atoms with Crippen LogP contribution >= 0.6 is 11.6 Å². The molecule has 0 radical (unpaired) electrons. The van der Waals surface area contributed by atoms with E-state index in [-0.39, 0.29) is 23.7 Å². The molecule has 8 heteroatoms. The van der Waals surface area contributed by atoms with E-state index in [1.54, 1.807) is 62.6 Å². The monoisotopic (exact) mass is 413 g/mol. The summed E-state index contributed by atoms with van der Waals surface area (Å²) in [6.45, 7) is 2.13. The van der Waals surface area contributed by atoms with Gasteiger partial charge in [0.15, 0.2) is 5.69 Å². The number of carbonyl (C=O) groups excluding carboxylic acids is 1. The van der Waals surface area contributed by atoms with Gasteiger partial charge in [0.25, 0.3) is 0 Å². The van der Waals surface area contributed by atoms with Crippen LogP contribution in [0.15, 0.2) is 48.5 Å². The van der Waals surface area contributed by atoms with Crippen molar-refractivity contribution in [2.24, 2.45) is 0 Å². The minimum Gasteiger partial charge on any atom is -0.497 e. The third-order valence-corrected chi connectivity index (χ3v) is 4.59. The Kier molecular flexibility index (Phi) is 6.19. The van der Waals surface area contributed by atoms with Crippen molar-refractivity contribution in [3.8, 4) is 17.0 Å². The van der Waals surface area contributed by atoms with Crippen molar-refractivity contribution in [3.05, 3.63) is 64.8 Å². The number of rotatable bonds is 7. The zero-order chi connectivity index (χ0) is 21.0. The Morgan fingerprint density at radius 1 is 1.21 bits per heavy atom. The van der Waals surface area contributed by atoms with E-state index in [9.17, 15) is 14.7 Å². The van der Waals surface area contributed by atoms with Crippen molar-refractivity contribution >= 4 is 29.2 Å². The fourth-order valence-corrected chi connectivity index (χ4v) is 3.11. The zero-order valence-corrected chi connectivity index (χ0v) is 16.7. The summed E-state index contributed by atoms with van der Waals surface area (Å²) in [7, 11) is 1.55. The first-order chi connectivity index (χ1) is 13.9. The molecule has 2 aromatic carbocycles. The van der Waals surface area contributed by atoms with Crippen LogP contribution < -0.4 is 10.1 Å². The van der Waals surface area contributed by atoms with Gasteiger partial charge in [0, 0.05) is 17.1 Å². The van der Waals surface area contributed by atoms with Crippen LogP contribution in [0.25, 0.3) is 11.3 Å². The molecule has 0 unspecified atom stereocenters. The number of carbonyl (C=O) groups is 2. The smallest absolute Gasteiger partial charge is 0.356 e. The Balaban J connectivity index is 1.97. The van der Waals surface area contributed by atoms with Crippen LogP contribution in [-0.2, 0) is 17.8 Å². The summed E-state index contributed by atoms with van der Waals surface area (Å²) in [5.41, 5.74) is 1.86. The van der Waals surface area contributed by atoms with E-state index in [0.29, 0.717) is 28.6 Å². The Bertz CT molecular complexity index is 1040. The molecule has 29 heavy (non-hydrogen) atoms. The summed E-state index contributed by atoms with van der Waals surface area (Å²) in [4.78, 5) is 24.6. The van der Waals surface area contributed by atoms with E-state index in [0.717, 1.165) is 5.56 Å². The number of amides is 1. The Morgan fingerprint density at radius 2 is 1.93 bits per heavy atom. The minimum atomic E-state index is -1.17. The van der Waals surface area contributed by atoms with Gasteiger partial charge in [0.1, 0.15) is 17.1 Å². The highest BCUT2D eigenvalue weighted by Gasteiger charge is 2.25. The summed E-state index contributed by atoms with van der Waals surface area (Å²) < 4.78 is 6.53. The number of nitrogens with zero attached hydrogens (tertiary/aromatic N) is 2. The number of aryl methyl sites for hydroxylation is 1. The van der Waals surface area contributed by atoms with Gasteiger partial charge in [-0.1, -0.05) is 35.9 Å². The third-order valence-electron chi connectivity index (χ3n) is 4.34. The van der Waals surface area contributed by atoms with Gasteiger partial charge < -0.3 is 15.2 Å². The van der Waals surface area contributed by atoms with Crippen LogP contribution in [0.3, 0.4) is 0 Å². The first-order valence-corrected chi connectivity index (χ1v) is 9.33. The number of methoxy groups -OCH3 is 1. The normalized spacial score (nSPS) is 10.6. The topological polar surface area (TPSA) is 93.5 Å². The van der Waals surface area contributed by atoms with Gasteiger partial charge in [-0.05, 0) is 36.8 Å². The molecule has 150 valence electrons. The highest BCUT2D eigenvalue weighted by Crippen LogP contribution is 2.32. The van der Waals surface area contributed by atoms with E-state index in [1.807, 2.05) is 0 Å². The molecule has 7 nitrogen and oxygen atoms in total. The van der Waals surface area contributed by atoms with Crippen LogP contribution in [0.1, 0.15) is 23.0 Å². The summed E-state index contributed by atoms with van der Waals surface area (Å²) in [6.07, 6.45) is 0.0631. The molecule has 0 aliphatic rings. The van der Waals surface area contributed by atoms with Gasteiger partial charge in [-0.3, -0.25) is 9.48 Å². The van der Waals surface area contributed by atoms with E-state index in [4.69, 9.17) is 16.3 Å². The van der Waals surface area contributed by atoms with Crippen molar-refractivity contribution in [1.82, 2.24) is 9.78 Å². The first kappa shape index (κ1) is 20.4. The Labute approximate surface area is 172 Å².